The van der Waals surface area contributed by atoms with Crippen LogP contribution in [0, 0.1) is 17.5 Å². The van der Waals surface area contributed by atoms with Gasteiger partial charge in [-0.05, 0) is 67.1 Å². The molecule has 0 aliphatic heterocycles. The lowest BCUT2D eigenvalue weighted by molar-refractivity contribution is 0.340. The van der Waals surface area contributed by atoms with Crippen LogP contribution in [0.5, 0.6) is 5.75 Å². The highest BCUT2D eigenvalue weighted by Crippen LogP contribution is 2.35. The maximum absolute atomic E-state index is 15.0. The fraction of sp³-hybridized carbons (Fsp3) is 0.280. The first-order valence-electron chi connectivity index (χ1n) is 10.3. The first-order chi connectivity index (χ1) is 14.9. The maximum Gasteiger partial charge on any atom is 0.169 e. The Morgan fingerprint density at radius 3 is 2.16 bits per heavy atom. The van der Waals surface area contributed by atoms with Crippen molar-refractivity contribution in [2.75, 3.05) is 6.61 Å². The molecule has 164 valence electrons. The van der Waals surface area contributed by atoms with Crippen LogP contribution in [-0.2, 0) is 6.42 Å². The highest BCUT2D eigenvalue weighted by molar-refractivity contribution is 5.91. The lowest BCUT2D eigenvalue weighted by atomic mass is 9.98. The van der Waals surface area contributed by atoms with Crippen LogP contribution in [-0.4, -0.2) is 6.61 Å². The summed E-state index contributed by atoms with van der Waals surface area (Å²) in [5.41, 5.74) is -0.753. The molecule has 0 unspecified atom stereocenters. The van der Waals surface area contributed by atoms with Crippen LogP contribution >= 0.6 is 0 Å². The smallest absolute Gasteiger partial charge is 0.169 e. The van der Waals surface area contributed by atoms with Crippen molar-refractivity contribution in [3.63, 3.8) is 0 Å². The predicted octanol–water partition coefficient (Wildman–Crippen LogP) is 8.15. The van der Waals surface area contributed by atoms with E-state index in [1.54, 1.807) is 6.92 Å². The molecule has 0 aliphatic rings. The third-order valence-corrected chi connectivity index (χ3v) is 5.10. The molecule has 6 heteroatoms. The molecule has 0 atom stereocenters. The number of rotatable bonds is 8. The Kier molecular flexibility index (Phi) is 7.31. The van der Waals surface area contributed by atoms with E-state index in [4.69, 9.17) is 4.74 Å². The fourth-order valence-corrected chi connectivity index (χ4v) is 3.46. The van der Waals surface area contributed by atoms with Crippen LogP contribution in [0.1, 0.15) is 49.8 Å². The summed E-state index contributed by atoms with van der Waals surface area (Å²) in [4.78, 5) is 0. The Labute approximate surface area is 178 Å². The summed E-state index contributed by atoms with van der Waals surface area (Å²) in [5.74, 6) is -6.21. The lowest BCUT2D eigenvalue weighted by Crippen LogP contribution is -2.00. The van der Waals surface area contributed by atoms with E-state index in [0.29, 0.717) is 25.2 Å². The van der Waals surface area contributed by atoms with E-state index in [0.717, 1.165) is 18.9 Å². The predicted molar refractivity (Wildman–Crippen MR) is 114 cm³/mol. The standard InChI is InChI=1S/C25H23F5O/c1-3-5-6-7-17-14-16-10-13-19(23(28)20(16)25(30)22(17)27)24(29)21(26)15-8-11-18(12-9-15)31-4-2/h8-14H,3-7H2,1-2H3. The summed E-state index contributed by atoms with van der Waals surface area (Å²) in [6.07, 6.45) is 2.76. The fourth-order valence-electron chi connectivity index (χ4n) is 3.46. The summed E-state index contributed by atoms with van der Waals surface area (Å²) < 4.78 is 78.8. The largest absolute Gasteiger partial charge is 0.494 e. The van der Waals surface area contributed by atoms with E-state index in [1.165, 1.54) is 36.4 Å². The highest BCUT2D eigenvalue weighted by atomic mass is 19.2. The van der Waals surface area contributed by atoms with Crippen molar-refractivity contribution in [2.24, 2.45) is 0 Å². The average molecular weight is 434 g/mol. The number of aryl methyl sites for hydroxylation is 1. The lowest BCUT2D eigenvalue weighted by Gasteiger charge is -2.11. The van der Waals surface area contributed by atoms with Gasteiger partial charge in [0.2, 0.25) is 0 Å². The Morgan fingerprint density at radius 1 is 0.806 bits per heavy atom. The Balaban J connectivity index is 2.04. The van der Waals surface area contributed by atoms with Gasteiger partial charge in [0.05, 0.1) is 12.0 Å². The van der Waals surface area contributed by atoms with Crippen LogP contribution in [0.3, 0.4) is 0 Å². The molecule has 0 heterocycles. The number of unbranched alkanes of at least 4 members (excludes halogenated alkanes) is 2. The zero-order chi connectivity index (χ0) is 22.5. The highest BCUT2D eigenvalue weighted by Gasteiger charge is 2.22. The van der Waals surface area contributed by atoms with Gasteiger partial charge in [0.1, 0.15) is 11.6 Å². The van der Waals surface area contributed by atoms with Gasteiger partial charge < -0.3 is 4.74 Å². The molecular weight excluding hydrogens is 411 g/mol. The van der Waals surface area contributed by atoms with Crippen LogP contribution < -0.4 is 4.74 Å². The minimum absolute atomic E-state index is 0.0981. The average Bonchev–Trinajstić information content (AvgIpc) is 2.77. The van der Waals surface area contributed by atoms with E-state index in [1.807, 2.05) is 6.92 Å². The third-order valence-electron chi connectivity index (χ3n) is 5.10. The molecule has 1 nitrogen and oxygen atoms in total. The molecule has 3 aromatic carbocycles. The topological polar surface area (TPSA) is 9.23 Å². The SMILES string of the molecule is CCCCCc1cc2ccc(C(F)=C(F)c3ccc(OCC)cc3)c(F)c2c(F)c1F. The summed E-state index contributed by atoms with van der Waals surface area (Å²) >= 11 is 0. The molecule has 0 N–H and O–H groups in total. The number of ether oxygens (including phenoxy) is 1. The van der Waals surface area contributed by atoms with Crippen molar-refractivity contribution in [2.45, 2.75) is 39.5 Å². The number of hydrogen-bond donors (Lipinski definition) is 0. The minimum atomic E-state index is -1.49. The molecule has 0 radical (unpaired) electrons. The number of hydrogen-bond acceptors (Lipinski definition) is 1. The van der Waals surface area contributed by atoms with Crippen molar-refractivity contribution in [1.29, 1.82) is 0 Å². The molecule has 0 saturated heterocycles. The first kappa shape index (κ1) is 22.8. The quantitative estimate of drug-likeness (QED) is 0.197. The van der Waals surface area contributed by atoms with E-state index in [9.17, 15) is 22.0 Å². The molecule has 0 bridgehead atoms. The van der Waals surface area contributed by atoms with Crippen molar-refractivity contribution in [1.82, 2.24) is 0 Å². The Bertz CT molecular complexity index is 1100. The molecule has 0 aliphatic carbocycles. The van der Waals surface area contributed by atoms with Crippen molar-refractivity contribution >= 4 is 22.4 Å². The van der Waals surface area contributed by atoms with Gasteiger partial charge in [-0.15, -0.1) is 0 Å². The molecule has 0 aromatic heterocycles. The van der Waals surface area contributed by atoms with Gasteiger partial charge in [0.25, 0.3) is 0 Å². The van der Waals surface area contributed by atoms with E-state index >= 15 is 0 Å². The van der Waals surface area contributed by atoms with Crippen molar-refractivity contribution < 1.29 is 26.7 Å². The second-order valence-corrected chi connectivity index (χ2v) is 7.23. The van der Waals surface area contributed by atoms with Crippen LogP contribution in [0.2, 0.25) is 0 Å². The summed E-state index contributed by atoms with van der Waals surface area (Å²) in [7, 11) is 0. The Hall–Kier alpha value is -2.89. The Morgan fingerprint density at radius 2 is 1.52 bits per heavy atom. The van der Waals surface area contributed by atoms with E-state index < -0.39 is 40.1 Å². The van der Waals surface area contributed by atoms with Crippen LogP contribution in [0.15, 0.2) is 42.5 Å². The second-order valence-electron chi connectivity index (χ2n) is 7.23. The molecule has 3 rings (SSSR count). The summed E-state index contributed by atoms with van der Waals surface area (Å²) in [6, 6.07) is 9.16. The first-order valence-corrected chi connectivity index (χ1v) is 10.3. The molecule has 31 heavy (non-hydrogen) atoms. The normalized spacial score (nSPS) is 12.2. The van der Waals surface area contributed by atoms with Gasteiger partial charge in [-0.25, -0.2) is 22.0 Å². The van der Waals surface area contributed by atoms with Gasteiger partial charge >= 0.3 is 0 Å². The van der Waals surface area contributed by atoms with Gasteiger partial charge in [-0.2, -0.15) is 0 Å². The molecule has 0 amide bonds. The van der Waals surface area contributed by atoms with E-state index in [2.05, 4.69) is 0 Å². The van der Waals surface area contributed by atoms with Gasteiger partial charge in [-0.1, -0.05) is 25.8 Å². The van der Waals surface area contributed by atoms with Crippen LogP contribution in [0.4, 0.5) is 22.0 Å². The summed E-state index contributed by atoms with van der Waals surface area (Å²) in [5, 5.41) is -0.593. The van der Waals surface area contributed by atoms with E-state index in [-0.39, 0.29) is 16.5 Å². The maximum atomic E-state index is 15.0. The zero-order valence-corrected chi connectivity index (χ0v) is 17.4. The van der Waals surface area contributed by atoms with Gasteiger partial charge in [0, 0.05) is 11.1 Å². The summed E-state index contributed by atoms with van der Waals surface area (Å²) in [6.45, 7) is 4.19. The zero-order valence-electron chi connectivity index (χ0n) is 17.4. The number of halogens is 5. The number of benzene rings is 3. The second kappa shape index (κ2) is 9.94. The third kappa shape index (κ3) is 4.73. The molecular formula is C25H23F5O. The molecule has 0 saturated carbocycles. The van der Waals surface area contributed by atoms with Crippen molar-refractivity contribution in [3.8, 4) is 5.75 Å². The molecule has 3 aromatic rings. The molecule has 0 spiro atoms. The minimum Gasteiger partial charge on any atom is -0.494 e. The van der Waals surface area contributed by atoms with Gasteiger partial charge in [-0.3, -0.25) is 0 Å². The number of fused-ring (bicyclic) bond motifs is 1. The monoisotopic (exact) mass is 434 g/mol. The van der Waals surface area contributed by atoms with Crippen LogP contribution in [0.25, 0.3) is 22.4 Å². The van der Waals surface area contributed by atoms with Crippen molar-refractivity contribution in [3.05, 3.63) is 76.6 Å². The molecule has 0 fully saturated rings. The van der Waals surface area contributed by atoms with Gasteiger partial charge in [0.15, 0.2) is 23.3 Å².